The van der Waals surface area contributed by atoms with Gasteiger partial charge in [0, 0.05) is 13.1 Å². The zero-order valence-corrected chi connectivity index (χ0v) is 12.0. The smallest absolute Gasteiger partial charge is 0.0703 e. The van der Waals surface area contributed by atoms with Crippen LogP contribution in [0.2, 0.25) is 0 Å². The van der Waals surface area contributed by atoms with Crippen LogP contribution in [0.4, 0.5) is 0 Å². The van der Waals surface area contributed by atoms with Crippen molar-refractivity contribution in [3.8, 4) is 0 Å². The lowest BCUT2D eigenvalue weighted by molar-refractivity contribution is -0.0183. The highest BCUT2D eigenvalue weighted by molar-refractivity contribution is 5.85. The molecule has 5 heteroatoms. The minimum atomic E-state index is 0. The Bertz CT molecular complexity index is 213. The van der Waals surface area contributed by atoms with Gasteiger partial charge >= 0.3 is 0 Å². The molecular formula is C13H27ClN2O2. The number of piperidine rings is 2. The SMILES string of the molecule is Cl.OCCOC1CCCN(CC2CCNCC2)C1. The number of nitrogens with zero attached hydrogens (tertiary/aromatic N) is 1. The van der Waals surface area contributed by atoms with E-state index in [2.05, 4.69) is 10.2 Å². The number of hydrogen-bond acceptors (Lipinski definition) is 4. The van der Waals surface area contributed by atoms with Crippen LogP contribution in [0.15, 0.2) is 0 Å². The summed E-state index contributed by atoms with van der Waals surface area (Å²) in [4.78, 5) is 2.56. The van der Waals surface area contributed by atoms with Gasteiger partial charge in [-0.3, -0.25) is 0 Å². The van der Waals surface area contributed by atoms with Crippen molar-refractivity contribution in [1.29, 1.82) is 0 Å². The van der Waals surface area contributed by atoms with Gasteiger partial charge in [-0.05, 0) is 51.2 Å². The zero-order chi connectivity index (χ0) is 11.9. The summed E-state index contributed by atoms with van der Waals surface area (Å²) in [5, 5.41) is 12.2. The monoisotopic (exact) mass is 278 g/mol. The van der Waals surface area contributed by atoms with Crippen LogP contribution in [0.25, 0.3) is 0 Å². The summed E-state index contributed by atoms with van der Waals surface area (Å²) in [5.74, 6) is 0.868. The molecule has 108 valence electrons. The Balaban J connectivity index is 0.00000162. The molecule has 2 fully saturated rings. The Kier molecular flexibility index (Phi) is 8.18. The molecule has 2 aliphatic rings. The van der Waals surface area contributed by atoms with Crippen molar-refractivity contribution in [1.82, 2.24) is 10.2 Å². The summed E-state index contributed by atoms with van der Waals surface area (Å²) in [6, 6.07) is 0. The van der Waals surface area contributed by atoms with E-state index in [1.165, 1.54) is 45.4 Å². The first kappa shape index (κ1) is 16.2. The number of halogens is 1. The molecule has 2 N–H and O–H groups in total. The van der Waals surface area contributed by atoms with Gasteiger partial charge in [0.1, 0.15) is 0 Å². The predicted octanol–water partition coefficient (Wildman–Crippen LogP) is 0.881. The molecule has 0 bridgehead atoms. The number of hydrogen-bond donors (Lipinski definition) is 2. The number of likely N-dealkylation sites (tertiary alicyclic amines) is 1. The minimum absolute atomic E-state index is 0. The van der Waals surface area contributed by atoms with E-state index >= 15 is 0 Å². The maximum atomic E-state index is 8.78. The first-order valence-corrected chi connectivity index (χ1v) is 7.04. The van der Waals surface area contributed by atoms with Gasteiger partial charge in [0.2, 0.25) is 0 Å². The number of ether oxygens (including phenoxy) is 1. The third-order valence-electron chi connectivity index (χ3n) is 3.88. The molecule has 1 unspecified atom stereocenters. The van der Waals surface area contributed by atoms with Gasteiger partial charge in [-0.2, -0.15) is 0 Å². The van der Waals surface area contributed by atoms with Crippen molar-refractivity contribution < 1.29 is 9.84 Å². The van der Waals surface area contributed by atoms with Gasteiger partial charge in [-0.1, -0.05) is 0 Å². The average Bonchev–Trinajstić information content (AvgIpc) is 2.38. The molecular weight excluding hydrogens is 252 g/mol. The highest BCUT2D eigenvalue weighted by Gasteiger charge is 2.23. The predicted molar refractivity (Wildman–Crippen MR) is 75.3 cm³/mol. The lowest BCUT2D eigenvalue weighted by Crippen LogP contribution is -2.44. The van der Waals surface area contributed by atoms with Gasteiger partial charge in [0.15, 0.2) is 0 Å². The molecule has 18 heavy (non-hydrogen) atoms. The van der Waals surface area contributed by atoms with Crippen LogP contribution in [0, 0.1) is 5.92 Å². The first-order chi connectivity index (χ1) is 8.38. The third kappa shape index (κ3) is 5.41. The van der Waals surface area contributed by atoms with Crippen LogP contribution in [-0.2, 0) is 4.74 Å². The summed E-state index contributed by atoms with van der Waals surface area (Å²) >= 11 is 0. The van der Waals surface area contributed by atoms with Crippen molar-refractivity contribution in [2.45, 2.75) is 31.8 Å². The standard InChI is InChI=1S/C13H26N2O2.ClH/c16-8-9-17-13-2-1-7-15(11-13)10-12-3-5-14-6-4-12;/h12-14,16H,1-11H2;1H. The second-order valence-electron chi connectivity index (χ2n) is 5.31. The maximum absolute atomic E-state index is 8.78. The Morgan fingerprint density at radius 1 is 1.22 bits per heavy atom. The molecule has 4 nitrogen and oxygen atoms in total. The van der Waals surface area contributed by atoms with Crippen molar-refractivity contribution in [3.63, 3.8) is 0 Å². The fraction of sp³-hybridized carbons (Fsp3) is 1.00. The van der Waals surface area contributed by atoms with Crippen LogP contribution >= 0.6 is 12.4 Å². The summed E-state index contributed by atoms with van der Waals surface area (Å²) < 4.78 is 5.65. The molecule has 2 saturated heterocycles. The van der Waals surface area contributed by atoms with Crippen LogP contribution < -0.4 is 5.32 Å². The van der Waals surface area contributed by atoms with Crippen LogP contribution in [-0.4, -0.2) is 62.0 Å². The van der Waals surface area contributed by atoms with E-state index in [4.69, 9.17) is 9.84 Å². The maximum Gasteiger partial charge on any atom is 0.0703 e. The molecule has 0 aliphatic carbocycles. The number of aliphatic hydroxyl groups is 1. The summed E-state index contributed by atoms with van der Waals surface area (Å²) in [7, 11) is 0. The second kappa shape index (κ2) is 9.10. The molecule has 0 saturated carbocycles. The molecule has 0 aromatic heterocycles. The van der Waals surface area contributed by atoms with E-state index < -0.39 is 0 Å². The Labute approximate surface area is 116 Å². The van der Waals surface area contributed by atoms with E-state index in [9.17, 15) is 0 Å². The van der Waals surface area contributed by atoms with E-state index in [0.29, 0.717) is 12.7 Å². The average molecular weight is 279 g/mol. The zero-order valence-electron chi connectivity index (χ0n) is 11.1. The first-order valence-electron chi connectivity index (χ1n) is 7.04. The molecule has 2 heterocycles. The third-order valence-corrected chi connectivity index (χ3v) is 3.88. The highest BCUT2D eigenvalue weighted by Crippen LogP contribution is 2.18. The number of aliphatic hydroxyl groups excluding tert-OH is 1. The van der Waals surface area contributed by atoms with Crippen molar-refractivity contribution in [2.24, 2.45) is 5.92 Å². The topological polar surface area (TPSA) is 44.7 Å². The normalized spacial score (nSPS) is 26.8. The molecule has 0 aromatic carbocycles. The van der Waals surface area contributed by atoms with E-state index in [1.807, 2.05) is 0 Å². The molecule has 2 rings (SSSR count). The highest BCUT2D eigenvalue weighted by atomic mass is 35.5. The van der Waals surface area contributed by atoms with Gasteiger partial charge in [-0.25, -0.2) is 0 Å². The summed E-state index contributed by atoms with van der Waals surface area (Å²) in [5.41, 5.74) is 0. The number of rotatable bonds is 5. The lowest BCUT2D eigenvalue weighted by Gasteiger charge is -2.36. The Hall–Kier alpha value is 0.130. The fourth-order valence-corrected chi connectivity index (χ4v) is 2.96. The van der Waals surface area contributed by atoms with Gasteiger partial charge in [0.25, 0.3) is 0 Å². The van der Waals surface area contributed by atoms with E-state index in [0.717, 1.165) is 18.9 Å². The molecule has 2 aliphatic heterocycles. The molecule has 0 spiro atoms. The van der Waals surface area contributed by atoms with Crippen molar-refractivity contribution in [2.75, 3.05) is 45.9 Å². The van der Waals surface area contributed by atoms with Crippen molar-refractivity contribution >= 4 is 12.4 Å². The van der Waals surface area contributed by atoms with Gasteiger partial charge < -0.3 is 20.1 Å². The van der Waals surface area contributed by atoms with Gasteiger partial charge in [-0.15, -0.1) is 12.4 Å². The molecule has 0 radical (unpaired) electrons. The number of nitrogens with one attached hydrogen (secondary N) is 1. The van der Waals surface area contributed by atoms with E-state index in [1.54, 1.807) is 0 Å². The largest absolute Gasteiger partial charge is 0.394 e. The molecule has 1 atom stereocenters. The lowest BCUT2D eigenvalue weighted by atomic mass is 9.96. The molecule has 0 aromatic rings. The Morgan fingerprint density at radius 3 is 2.72 bits per heavy atom. The van der Waals surface area contributed by atoms with Crippen LogP contribution in [0.5, 0.6) is 0 Å². The quantitative estimate of drug-likeness (QED) is 0.784. The summed E-state index contributed by atoms with van der Waals surface area (Å²) in [6.07, 6.45) is 5.37. The summed E-state index contributed by atoms with van der Waals surface area (Å²) in [6.45, 7) is 6.52. The van der Waals surface area contributed by atoms with Crippen molar-refractivity contribution in [3.05, 3.63) is 0 Å². The van der Waals surface area contributed by atoms with E-state index in [-0.39, 0.29) is 19.0 Å². The van der Waals surface area contributed by atoms with Crippen LogP contribution in [0.3, 0.4) is 0 Å². The second-order valence-corrected chi connectivity index (χ2v) is 5.31. The van der Waals surface area contributed by atoms with Crippen LogP contribution in [0.1, 0.15) is 25.7 Å². The molecule has 0 amide bonds. The fourth-order valence-electron chi connectivity index (χ4n) is 2.96. The minimum Gasteiger partial charge on any atom is -0.394 e. The Morgan fingerprint density at radius 2 is 2.00 bits per heavy atom. The van der Waals surface area contributed by atoms with Gasteiger partial charge in [0.05, 0.1) is 19.3 Å².